The molecule has 3 aromatic carbocycles. The lowest BCUT2D eigenvalue weighted by atomic mass is 10.1. The van der Waals surface area contributed by atoms with Gasteiger partial charge in [-0.2, -0.15) is 0 Å². The zero-order valence-electron chi connectivity index (χ0n) is 16.4. The lowest BCUT2D eigenvalue weighted by Gasteiger charge is -2.22. The van der Waals surface area contributed by atoms with E-state index in [4.69, 9.17) is 4.74 Å². The number of hydrogen-bond donors (Lipinski definition) is 1. The van der Waals surface area contributed by atoms with E-state index in [2.05, 4.69) is 18.0 Å². The fourth-order valence-corrected chi connectivity index (χ4v) is 4.40. The van der Waals surface area contributed by atoms with Gasteiger partial charge in [-0.15, -0.1) is 0 Å². The second-order valence-electron chi connectivity index (χ2n) is 6.66. The van der Waals surface area contributed by atoms with E-state index >= 15 is 0 Å². The summed E-state index contributed by atoms with van der Waals surface area (Å²) in [6, 6.07) is 21.6. The molecule has 0 aliphatic carbocycles. The molecule has 0 atom stereocenters. The van der Waals surface area contributed by atoms with Gasteiger partial charge in [0.25, 0.3) is 5.91 Å². The zero-order chi connectivity index (χ0) is 20.4. The number of hydrogen-bond acceptors (Lipinski definition) is 4. The van der Waals surface area contributed by atoms with Crippen molar-refractivity contribution in [3.63, 3.8) is 0 Å². The van der Waals surface area contributed by atoms with E-state index in [1.807, 2.05) is 72.5 Å². The van der Waals surface area contributed by atoms with Crippen LogP contribution in [0.25, 0.3) is 5.70 Å². The Kier molecular flexibility index (Phi) is 5.32. The highest BCUT2D eigenvalue weighted by Gasteiger charge is 2.26. The maximum Gasteiger partial charge on any atom is 0.259 e. The van der Waals surface area contributed by atoms with Gasteiger partial charge in [0.1, 0.15) is 5.75 Å². The van der Waals surface area contributed by atoms with Crippen LogP contribution in [0.2, 0.25) is 0 Å². The first-order valence-corrected chi connectivity index (χ1v) is 10.3. The third kappa shape index (κ3) is 3.74. The van der Waals surface area contributed by atoms with Gasteiger partial charge in [0, 0.05) is 27.7 Å². The van der Waals surface area contributed by atoms with Crippen LogP contribution in [0.1, 0.15) is 22.8 Å². The monoisotopic (exact) mass is 402 g/mol. The number of fused-ring (bicyclic) bond motifs is 2. The molecule has 5 heteroatoms. The van der Waals surface area contributed by atoms with Crippen LogP contribution >= 0.6 is 11.8 Å². The Balaban J connectivity index is 1.66. The van der Waals surface area contributed by atoms with Crippen LogP contribution in [0, 0.1) is 0 Å². The molecule has 4 rings (SSSR count). The summed E-state index contributed by atoms with van der Waals surface area (Å²) >= 11 is 1.63. The number of carbonyl (C=O) groups is 1. The minimum absolute atomic E-state index is 0.0280. The molecule has 29 heavy (non-hydrogen) atoms. The van der Waals surface area contributed by atoms with Crippen molar-refractivity contribution >= 4 is 34.7 Å². The number of nitrogens with one attached hydrogen (secondary N) is 1. The molecule has 0 fully saturated rings. The fraction of sp³-hybridized carbons (Fsp3) is 0.125. The Morgan fingerprint density at radius 3 is 2.55 bits per heavy atom. The average molecular weight is 403 g/mol. The van der Waals surface area contributed by atoms with Gasteiger partial charge in [0.05, 0.1) is 18.4 Å². The molecule has 0 saturated carbocycles. The summed E-state index contributed by atoms with van der Waals surface area (Å²) in [6.07, 6.45) is 0. The number of rotatable bonds is 5. The molecule has 0 unspecified atom stereocenters. The van der Waals surface area contributed by atoms with E-state index in [9.17, 15) is 4.79 Å². The lowest BCUT2D eigenvalue weighted by molar-refractivity contribution is 0.0985. The molecular formula is C24H22N2O2S. The van der Waals surface area contributed by atoms with Crippen molar-refractivity contribution < 1.29 is 9.53 Å². The summed E-state index contributed by atoms with van der Waals surface area (Å²) < 4.78 is 5.20. The molecule has 1 N–H and O–H groups in total. The van der Waals surface area contributed by atoms with Gasteiger partial charge in [-0.3, -0.25) is 4.79 Å². The maximum atomic E-state index is 13.1. The molecule has 146 valence electrons. The Hall–Kier alpha value is -3.18. The molecule has 1 heterocycles. The van der Waals surface area contributed by atoms with Gasteiger partial charge in [-0.1, -0.05) is 36.5 Å². The fourth-order valence-electron chi connectivity index (χ4n) is 3.34. The third-order valence-corrected chi connectivity index (χ3v) is 6.02. The van der Waals surface area contributed by atoms with Crippen LogP contribution in [0.15, 0.2) is 83.1 Å². The van der Waals surface area contributed by atoms with Crippen molar-refractivity contribution in [2.45, 2.75) is 16.7 Å². The number of methoxy groups -OCH3 is 1. The molecule has 1 aliphatic rings. The van der Waals surface area contributed by atoms with Gasteiger partial charge in [0.15, 0.2) is 0 Å². The number of carbonyl (C=O) groups excluding carboxylic acids is 1. The summed E-state index contributed by atoms with van der Waals surface area (Å²) in [4.78, 5) is 17.0. The molecule has 0 bridgehead atoms. The van der Waals surface area contributed by atoms with Crippen molar-refractivity contribution in [2.75, 3.05) is 23.9 Å². The lowest BCUT2D eigenvalue weighted by Crippen LogP contribution is -2.30. The van der Waals surface area contributed by atoms with Crippen LogP contribution in [0.5, 0.6) is 5.75 Å². The Morgan fingerprint density at radius 1 is 1.07 bits per heavy atom. The number of ether oxygens (including phenoxy) is 1. The Labute approximate surface area is 175 Å². The normalized spacial score (nSPS) is 12.6. The van der Waals surface area contributed by atoms with Gasteiger partial charge < -0.3 is 15.0 Å². The van der Waals surface area contributed by atoms with Crippen LogP contribution < -0.4 is 15.0 Å². The number of anilines is 2. The minimum Gasteiger partial charge on any atom is -0.497 e. The standard InChI is InChI=1S/C24H22N2O2S/c1-4-26-21-15-17(16(2)25-18-10-12-19(28-3)13-11-18)9-14-23(21)29-22-8-6-5-7-20(22)24(26)27/h5-15,25H,2,4H2,1,3H3. The van der Waals surface area contributed by atoms with Crippen molar-refractivity contribution in [2.24, 2.45) is 0 Å². The summed E-state index contributed by atoms with van der Waals surface area (Å²) in [5.41, 5.74) is 4.29. The molecule has 0 saturated heterocycles. The van der Waals surface area contributed by atoms with E-state index in [0.717, 1.165) is 43.7 Å². The molecule has 0 radical (unpaired) electrons. The van der Waals surface area contributed by atoms with Crippen LogP contribution in [-0.2, 0) is 0 Å². The quantitative estimate of drug-likeness (QED) is 0.576. The predicted octanol–water partition coefficient (Wildman–Crippen LogP) is 5.91. The Morgan fingerprint density at radius 2 is 1.83 bits per heavy atom. The molecule has 4 nitrogen and oxygen atoms in total. The van der Waals surface area contributed by atoms with Crippen molar-refractivity contribution in [3.05, 3.63) is 84.4 Å². The van der Waals surface area contributed by atoms with Crippen LogP contribution in [0.3, 0.4) is 0 Å². The van der Waals surface area contributed by atoms with Gasteiger partial charge in [0.2, 0.25) is 0 Å². The SMILES string of the molecule is C=C(Nc1ccc(OC)cc1)c1ccc2c(c1)N(CC)C(=O)c1ccccc1S2. The van der Waals surface area contributed by atoms with Gasteiger partial charge in [-0.05, 0) is 61.0 Å². The molecule has 1 aliphatic heterocycles. The summed E-state index contributed by atoms with van der Waals surface area (Å²) in [6.45, 7) is 6.79. The molecule has 0 spiro atoms. The third-order valence-electron chi connectivity index (χ3n) is 4.88. The van der Waals surface area contributed by atoms with Gasteiger partial charge in [-0.25, -0.2) is 0 Å². The van der Waals surface area contributed by atoms with Crippen molar-refractivity contribution in [1.82, 2.24) is 0 Å². The largest absolute Gasteiger partial charge is 0.497 e. The van der Waals surface area contributed by atoms with E-state index in [-0.39, 0.29) is 5.91 Å². The predicted molar refractivity (Wildman–Crippen MR) is 120 cm³/mol. The highest BCUT2D eigenvalue weighted by molar-refractivity contribution is 7.99. The van der Waals surface area contributed by atoms with E-state index < -0.39 is 0 Å². The van der Waals surface area contributed by atoms with E-state index in [1.54, 1.807) is 18.9 Å². The van der Waals surface area contributed by atoms with Crippen LogP contribution in [0.4, 0.5) is 11.4 Å². The summed E-state index contributed by atoms with van der Waals surface area (Å²) in [7, 11) is 1.65. The molecular weight excluding hydrogens is 380 g/mol. The second-order valence-corrected chi connectivity index (χ2v) is 7.75. The average Bonchev–Trinajstić information content (AvgIpc) is 2.87. The highest BCUT2D eigenvalue weighted by atomic mass is 32.2. The Bertz CT molecular complexity index is 1080. The first kappa shape index (κ1) is 19.2. The number of amides is 1. The van der Waals surface area contributed by atoms with Gasteiger partial charge >= 0.3 is 0 Å². The topological polar surface area (TPSA) is 41.6 Å². The maximum absolute atomic E-state index is 13.1. The second kappa shape index (κ2) is 8.05. The smallest absolute Gasteiger partial charge is 0.259 e. The summed E-state index contributed by atoms with van der Waals surface area (Å²) in [5.74, 6) is 0.833. The summed E-state index contributed by atoms with van der Waals surface area (Å²) in [5, 5.41) is 3.33. The van der Waals surface area contributed by atoms with Crippen LogP contribution in [-0.4, -0.2) is 19.6 Å². The van der Waals surface area contributed by atoms with E-state index in [0.29, 0.717) is 6.54 Å². The zero-order valence-corrected chi connectivity index (χ0v) is 17.3. The van der Waals surface area contributed by atoms with E-state index in [1.165, 1.54) is 0 Å². The minimum atomic E-state index is 0.0280. The number of benzene rings is 3. The highest BCUT2D eigenvalue weighted by Crippen LogP contribution is 2.42. The molecule has 3 aromatic rings. The van der Waals surface area contributed by atoms with Crippen molar-refractivity contribution in [3.8, 4) is 5.75 Å². The molecule has 1 amide bonds. The first-order chi connectivity index (χ1) is 14.1. The number of nitrogens with zero attached hydrogens (tertiary/aromatic N) is 1. The van der Waals surface area contributed by atoms with Crippen molar-refractivity contribution in [1.29, 1.82) is 0 Å². The molecule has 0 aromatic heterocycles. The first-order valence-electron chi connectivity index (χ1n) is 9.44.